The molecular weight excluding hydrogens is 364 g/mol. The van der Waals surface area contributed by atoms with Gasteiger partial charge >= 0.3 is 0 Å². The lowest BCUT2D eigenvalue weighted by molar-refractivity contribution is 0.0106. The van der Waals surface area contributed by atoms with Gasteiger partial charge in [0.2, 0.25) is 0 Å². The Labute approximate surface area is 154 Å². The molecule has 1 unspecified atom stereocenters. The van der Waals surface area contributed by atoms with E-state index in [4.69, 9.17) is 4.74 Å². The SMILES string of the molecule is CCCCCc1cc2c(c(O)c1Br)C1C=C(C)CC[C@H]1C(C)(C)O2. The molecule has 0 radical (unpaired) electrons. The van der Waals surface area contributed by atoms with Gasteiger partial charge in [0.05, 0.1) is 4.47 Å². The van der Waals surface area contributed by atoms with Crippen LogP contribution < -0.4 is 4.74 Å². The first-order chi connectivity index (χ1) is 11.3. The summed E-state index contributed by atoms with van der Waals surface area (Å²) in [5.74, 6) is 1.92. The second-order valence-electron chi connectivity index (χ2n) is 7.96. The molecule has 0 aromatic heterocycles. The predicted octanol–water partition coefficient (Wildman–Crippen LogP) is 6.50. The second-order valence-corrected chi connectivity index (χ2v) is 8.75. The largest absolute Gasteiger partial charge is 0.506 e. The van der Waals surface area contributed by atoms with Crippen molar-refractivity contribution in [2.75, 3.05) is 0 Å². The van der Waals surface area contributed by atoms with Gasteiger partial charge in [-0.3, -0.25) is 0 Å². The number of aryl methyl sites for hydroxylation is 1. The molecule has 0 saturated heterocycles. The van der Waals surface area contributed by atoms with Crippen molar-refractivity contribution in [3.8, 4) is 11.5 Å². The van der Waals surface area contributed by atoms with Crippen LogP contribution in [-0.2, 0) is 6.42 Å². The minimum atomic E-state index is -0.199. The van der Waals surface area contributed by atoms with Crippen LogP contribution in [0.5, 0.6) is 11.5 Å². The lowest BCUT2D eigenvalue weighted by atomic mass is 9.68. The molecule has 1 N–H and O–H groups in total. The minimum Gasteiger partial charge on any atom is -0.506 e. The molecule has 1 heterocycles. The third-order valence-electron chi connectivity index (χ3n) is 5.71. The average Bonchev–Trinajstić information content (AvgIpc) is 2.51. The number of fused-ring (bicyclic) bond motifs is 3. The number of rotatable bonds is 4. The van der Waals surface area contributed by atoms with Crippen LogP contribution in [0.15, 0.2) is 22.2 Å². The third kappa shape index (κ3) is 3.12. The van der Waals surface area contributed by atoms with Crippen LogP contribution in [-0.4, -0.2) is 10.7 Å². The molecule has 1 aromatic rings. The van der Waals surface area contributed by atoms with Crippen LogP contribution in [0.25, 0.3) is 0 Å². The molecule has 2 nitrogen and oxygen atoms in total. The van der Waals surface area contributed by atoms with Crippen molar-refractivity contribution in [2.24, 2.45) is 5.92 Å². The molecule has 1 aliphatic carbocycles. The van der Waals surface area contributed by atoms with Crippen molar-refractivity contribution in [2.45, 2.75) is 77.7 Å². The fourth-order valence-electron chi connectivity index (χ4n) is 4.33. The van der Waals surface area contributed by atoms with E-state index in [9.17, 15) is 5.11 Å². The lowest BCUT2D eigenvalue weighted by Gasteiger charge is -2.46. The number of hydrogen-bond acceptors (Lipinski definition) is 2. The number of unbranched alkanes of at least 4 members (excludes halogenated alkanes) is 2. The topological polar surface area (TPSA) is 29.5 Å². The highest BCUT2D eigenvalue weighted by Crippen LogP contribution is 2.55. The van der Waals surface area contributed by atoms with Crippen LogP contribution in [0.4, 0.5) is 0 Å². The summed E-state index contributed by atoms with van der Waals surface area (Å²) in [5, 5.41) is 10.9. The zero-order chi connectivity index (χ0) is 17.5. The molecule has 0 bridgehead atoms. The third-order valence-corrected chi connectivity index (χ3v) is 6.60. The second kappa shape index (κ2) is 6.74. The fourth-order valence-corrected chi connectivity index (χ4v) is 4.86. The van der Waals surface area contributed by atoms with Crippen LogP contribution >= 0.6 is 15.9 Å². The summed E-state index contributed by atoms with van der Waals surface area (Å²) in [6.45, 7) is 8.79. The highest BCUT2D eigenvalue weighted by atomic mass is 79.9. The van der Waals surface area contributed by atoms with Crippen molar-refractivity contribution in [3.63, 3.8) is 0 Å². The smallest absolute Gasteiger partial charge is 0.137 e. The Morgan fingerprint density at radius 3 is 2.79 bits per heavy atom. The Kier molecular flexibility index (Phi) is 5.01. The quantitative estimate of drug-likeness (QED) is 0.467. The molecular formula is C21H29BrO2. The molecule has 2 atom stereocenters. The molecule has 0 fully saturated rings. The molecule has 0 amide bonds. The minimum absolute atomic E-state index is 0.199. The van der Waals surface area contributed by atoms with E-state index in [2.05, 4.69) is 55.8 Å². The highest BCUT2D eigenvalue weighted by molar-refractivity contribution is 9.10. The van der Waals surface area contributed by atoms with Gasteiger partial charge in [-0.25, -0.2) is 0 Å². The van der Waals surface area contributed by atoms with E-state index >= 15 is 0 Å². The summed E-state index contributed by atoms with van der Waals surface area (Å²) >= 11 is 3.65. The Hall–Kier alpha value is -0.960. The van der Waals surface area contributed by atoms with E-state index in [-0.39, 0.29) is 11.5 Å². The van der Waals surface area contributed by atoms with Crippen LogP contribution in [0.3, 0.4) is 0 Å². The summed E-state index contributed by atoms with van der Waals surface area (Å²) in [6.07, 6.45) is 9.12. The number of phenolic OH excluding ortho intramolecular Hbond substituents is 1. The van der Waals surface area contributed by atoms with Gasteiger partial charge in [-0.05, 0) is 74.0 Å². The van der Waals surface area contributed by atoms with E-state index in [0.29, 0.717) is 11.7 Å². The van der Waals surface area contributed by atoms with E-state index in [1.807, 2.05) is 0 Å². The molecule has 1 aromatic carbocycles. The van der Waals surface area contributed by atoms with Gasteiger partial charge in [-0.15, -0.1) is 0 Å². The van der Waals surface area contributed by atoms with E-state index in [1.165, 1.54) is 18.4 Å². The first-order valence-electron chi connectivity index (χ1n) is 9.25. The molecule has 1 aliphatic heterocycles. The molecule has 2 aliphatic rings. The number of halogens is 1. The Balaban J connectivity index is 2.06. The van der Waals surface area contributed by atoms with Gasteiger partial charge in [-0.2, -0.15) is 0 Å². The fraction of sp³-hybridized carbons (Fsp3) is 0.619. The lowest BCUT2D eigenvalue weighted by Crippen LogP contribution is -2.45. The first kappa shape index (κ1) is 17.8. The molecule has 3 heteroatoms. The van der Waals surface area contributed by atoms with Gasteiger partial charge in [0.25, 0.3) is 0 Å². The van der Waals surface area contributed by atoms with E-state index in [1.54, 1.807) is 0 Å². The van der Waals surface area contributed by atoms with Crippen molar-refractivity contribution in [1.82, 2.24) is 0 Å². The molecule has 0 spiro atoms. The van der Waals surface area contributed by atoms with Gasteiger partial charge in [0, 0.05) is 17.4 Å². The van der Waals surface area contributed by atoms with Gasteiger partial charge in [0.1, 0.15) is 17.1 Å². The molecule has 0 saturated carbocycles. The summed E-state index contributed by atoms with van der Waals surface area (Å²) in [5.41, 5.74) is 3.35. The van der Waals surface area contributed by atoms with Crippen LogP contribution in [0, 0.1) is 5.92 Å². The standard InChI is InChI=1S/C21H29BrO2/c1-5-6-7-8-14-12-17-18(20(23)19(14)22)15-11-13(2)9-10-16(15)21(3,4)24-17/h11-12,15-16,23H,5-10H2,1-4H3/t15?,16-/m1/s1. The van der Waals surface area contributed by atoms with Gasteiger partial charge in [-0.1, -0.05) is 31.4 Å². The summed E-state index contributed by atoms with van der Waals surface area (Å²) in [4.78, 5) is 0. The summed E-state index contributed by atoms with van der Waals surface area (Å²) in [7, 11) is 0. The Morgan fingerprint density at radius 1 is 1.33 bits per heavy atom. The Bertz CT molecular complexity index is 660. The Morgan fingerprint density at radius 2 is 2.08 bits per heavy atom. The zero-order valence-corrected chi connectivity index (χ0v) is 16.9. The monoisotopic (exact) mass is 392 g/mol. The number of benzene rings is 1. The molecule has 24 heavy (non-hydrogen) atoms. The van der Waals surface area contributed by atoms with Gasteiger partial charge < -0.3 is 9.84 Å². The van der Waals surface area contributed by atoms with E-state index in [0.717, 1.165) is 47.0 Å². The first-order valence-corrected chi connectivity index (χ1v) is 10.0. The summed E-state index contributed by atoms with van der Waals surface area (Å²) in [6, 6.07) is 2.16. The van der Waals surface area contributed by atoms with E-state index < -0.39 is 0 Å². The van der Waals surface area contributed by atoms with Crippen molar-refractivity contribution < 1.29 is 9.84 Å². The van der Waals surface area contributed by atoms with Crippen molar-refractivity contribution >= 4 is 15.9 Å². The van der Waals surface area contributed by atoms with Crippen molar-refractivity contribution in [3.05, 3.63) is 33.3 Å². The number of ether oxygens (including phenoxy) is 1. The predicted molar refractivity (Wildman–Crippen MR) is 103 cm³/mol. The highest BCUT2D eigenvalue weighted by Gasteiger charge is 2.45. The zero-order valence-electron chi connectivity index (χ0n) is 15.3. The number of phenols is 1. The van der Waals surface area contributed by atoms with Crippen LogP contribution in [0.1, 0.15) is 76.8 Å². The molecule has 3 rings (SSSR count). The maximum absolute atomic E-state index is 10.9. The van der Waals surface area contributed by atoms with Crippen LogP contribution in [0.2, 0.25) is 0 Å². The average molecular weight is 393 g/mol. The van der Waals surface area contributed by atoms with Crippen molar-refractivity contribution in [1.29, 1.82) is 0 Å². The number of allylic oxidation sites excluding steroid dienone is 2. The maximum Gasteiger partial charge on any atom is 0.137 e. The normalized spacial score (nSPS) is 24.6. The number of hydrogen-bond donors (Lipinski definition) is 1. The maximum atomic E-state index is 10.9. The number of aromatic hydroxyl groups is 1. The molecule has 132 valence electrons. The summed E-state index contributed by atoms with van der Waals surface area (Å²) < 4.78 is 7.25. The van der Waals surface area contributed by atoms with Gasteiger partial charge in [0.15, 0.2) is 0 Å².